The molecule has 1 aromatic carbocycles. The molecule has 0 saturated carbocycles. The minimum atomic E-state index is -0.495. The maximum Gasteiger partial charge on any atom is 0.260 e. The molecule has 0 bridgehead atoms. The van der Waals surface area contributed by atoms with Gasteiger partial charge >= 0.3 is 0 Å². The zero-order valence-corrected chi connectivity index (χ0v) is 12.9. The second-order valence-corrected chi connectivity index (χ2v) is 5.95. The average Bonchev–Trinajstić information content (AvgIpc) is 2.91. The highest BCUT2D eigenvalue weighted by molar-refractivity contribution is 5.78. The highest BCUT2D eigenvalue weighted by Gasteiger charge is 2.32. The van der Waals surface area contributed by atoms with E-state index in [1.165, 1.54) is 0 Å². The van der Waals surface area contributed by atoms with Crippen LogP contribution in [-0.4, -0.2) is 35.5 Å². The Morgan fingerprint density at radius 1 is 1.36 bits per heavy atom. The third kappa shape index (κ3) is 3.28. The highest BCUT2D eigenvalue weighted by atomic mass is 16.7. The lowest BCUT2D eigenvalue weighted by Gasteiger charge is -2.26. The first-order chi connectivity index (χ1) is 10.6. The summed E-state index contributed by atoms with van der Waals surface area (Å²) < 4.78 is 11.2. The first-order valence-corrected chi connectivity index (χ1v) is 7.57. The van der Waals surface area contributed by atoms with Gasteiger partial charge in [-0.3, -0.25) is 9.78 Å². The molecule has 0 amide bonds. The SMILES string of the molecule is C[C@@H](CNc1nc2ccccc2c(=O)[nH]1)CC1(C)OCCO1. The number of para-hydroxylation sites is 1. The molecule has 0 radical (unpaired) electrons. The quantitative estimate of drug-likeness (QED) is 0.885. The van der Waals surface area contributed by atoms with Crippen LogP contribution in [0.4, 0.5) is 5.95 Å². The van der Waals surface area contributed by atoms with E-state index in [0.717, 1.165) is 6.42 Å². The van der Waals surface area contributed by atoms with Crippen LogP contribution in [0.15, 0.2) is 29.1 Å². The van der Waals surface area contributed by atoms with Gasteiger partial charge in [0.1, 0.15) is 0 Å². The molecule has 6 heteroatoms. The fourth-order valence-electron chi connectivity index (χ4n) is 2.82. The molecule has 3 rings (SSSR count). The number of benzene rings is 1. The summed E-state index contributed by atoms with van der Waals surface area (Å²) in [5.41, 5.74) is 0.561. The number of nitrogens with one attached hydrogen (secondary N) is 2. The third-order valence-electron chi connectivity index (χ3n) is 3.85. The fraction of sp³-hybridized carbons (Fsp3) is 0.500. The molecular weight excluding hydrogens is 282 g/mol. The standard InChI is InChI=1S/C16H21N3O3/c1-11(9-16(2)21-7-8-22-16)10-17-15-18-13-6-4-3-5-12(13)14(20)19-15/h3-6,11H,7-10H2,1-2H3,(H2,17,18,19,20)/t11-/m1/s1. The summed E-state index contributed by atoms with van der Waals surface area (Å²) in [5.74, 6) is 0.319. The zero-order valence-electron chi connectivity index (χ0n) is 12.9. The van der Waals surface area contributed by atoms with Gasteiger partial charge in [0.25, 0.3) is 5.56 Å². The fourth-order valence-corrected chi connectivity index (χ4v) is 2.82. The summed E-state index contributed by atoms with van der Waals surface area (Å²) in [6.07, 6.45) is 0.789. The van der Waals surface area contributed by atoms with Crippen LogP contribution >= 0.6 is 0 Å². The van der Waals surface area contributed by atoms with Gasteiger partial charge in [0.05, 0.1) is 24.1 Å². The molecule has 1 aliphatic rings. The lowest BCUT2D eigenvalue weighted by molar-refractivity contribution is -0.153. The van der Waals surface area contributed by atoms with E-state index < -0.39 is 5.79 Å². The zero-order chi connectivity index (χ0) is 15.6. The summed E-state index contributed by atoms with van der Waals surface area (Å²) in [7, 11) is 0. The topological polar surface area (TPSA) is 76.2 Å². The smallest absolute Gasteiger partial charge is 0.260 e. The number of hydrogen-bond donors (Lipinski definition) is 2. The van der Waals surface area contributed by atoms with Gasteiger partial charge < -0.3 is 14.8 Å². The van der Waals surface area contributed by atoms with Crippen molar-refractivity contribution >= 4 is 16.9 Å². The number of H-pyrrole nitrogens is 1. The van der Waals surface area contributed by atoms with Crippen molar-refractivity contribution < 1.29 is 9.47 Å². The minimum Gasteiger partial charge on any atom is -0.355 e. The molecule has 22 heavy (non-hydrogen) atoms. The molecule has 2 aromatic rings. The molecule has 2 N–H and O–H groups in total. The Kier molecular flexibility index (Phi) is 4.13. The summed E-state index contributed by atoms with van der Waals surface area (Å²) in [6, 6.07) is 7.30. The van der Waals surface area contributed by atoms with Crippen molar-refractivity contribution in [2.75, 3.05) is 25.1 Å². The molecule has 1 fully saturated rings. The van der Waals surface area contributed by atoms with Crippen LogP contribution in [-0.2, 0) is 9.47 Å². The maximum atomic E-state index is 12.0. The third-order valence-corrected chi connectivity index (χ3v) is 3.85. The number of rotatable bonds is 5. The number of nitrogens with zero attached hydrogens (tertiary/aromatic N) is 1. The van der Waals surface area contributed by atoms with E-state index in [1.54, 1.807) is 6.07 Å². The van der Waals surface area contributed by atoms with Crippen LogP contribution in [0, 0.1) is 5.92 Å². The minimum absolute atomic E-state index is 0.129. The predicted molar refractivity (Wildman–Crippen MR) is 84.9 cm³/mol. The summed E-state index contributed by atoms with van der Waals surface area (Å²) in [5, 5.41) is 3.79. The van der Waals surface area contributed by atoms with Crippen LogP contribution in [0.25, 0.3) is 10.9 Å². The van der Waals surface area contributed by atoms with Gasteiger partial charge in [-0.15, -0.1) is 0 Å². The van der Waals surface area contributed by atoms with E-state index in [0.29, 0.717) is 42.5 Å². The normalized spacial score (nSPS) is 18.5. The molecule has 118 valence electrons. The molecule has 0 spiro atoms. The number of fused-ring (bicyclic) bond motifs is 1. The Balaban J connectivity index is 1.65. The largest absolute Gasteiger partial charge is 0.355 e. The number of ether oxygens (including phenoxy) is 2. The Labute approximate surface area is 128 Å². The van der Waals surface area contributed by atoms with Gasteiger partial charge in [-0.25, -0.2) is 4.98 Å². The Bertz CT molecular complexity index is 707. The van der Waals surface area contributed by atoms with Crippen LogP contribution in [0.2, 0.25) is 0 Å². The Morgan fingerprint density at radius 3 is 2.86 bits per heavy atom. The first-order valence-electron chi connectivity index (χ1n) is 7.57. The van der Waals surface area contributed by atoms with Gasteiger partial charge in [-0.1, -0.05) is 19.1 Å². The summed E-state index contributed by atoms with van der Waals surface area (Å²) >= 11 is 0. The Morgan fingerprint density at radius 2 is 2.09 bits per heavy atom. The molecule has 2 heterocycles. The Hall–Kier alpha value is -1.92. The maximum absolute atomic E-state index is 12.0. The molecule has 0 aliphatic carbocycles. The van der Waals surface area contributed by atoms with E-state index in [1.807, 2.05) is 25.1 Å². The molecule has 0 unspecified atom stereocenters. The van der Waals surface area contributed by atoms with E-state index in [9.17, 15) is 4.79 Å². The second-order valence-electron chi connectivity index (χ2n) is 5.95. The lowest BCUT2D eigenvalue weighted by atomic mass is 10.0. The van der Waals surface area contributed by atoms with E-state index >= 15 is 0 Å². The molecular formula is C16H21N3O3. The van der Waals surface area contributed by atoms with Crippen molar-refractivity contribution in [1.82, 2.24) is 9.97 Å². The molecule has 1 aliphatic heterocycles. The number of anilines is 1. The van der Waals surface area contributed by atoms with Crippen molar-refractivity contribution in [3.05, 3.63) is 34.6 Å². The van der Waals surface area contributed by atoms with Crippen molar-refractivity contribution in [3.63, 3.8) is 0 Å². The van der Waals surface area contributed by atoms with Crippen LogP contribution in [0.5, 0.6) is 0 Å². The van der Waals surface area contributed by atoms with Crippen molar-refractivity contribution in [3.8, 4) is 0 Å². The van der Waals surface area contributed by atoms with Gasteiger partial charge in [-0.2, -0.15) is 0 Å². The number of aromatic amines is 1. The van der Waals surface area contributed by atoms with Gasteiger partial charge in [0.2, 0.25) is 5.95 Å². The molecule has 6 nitrogen and oxygen atoms in total. The molecule has 1 saturated heterocycles. The van der Waals surface area contributed by atoms with Gasteiger partial charge in [0, 0.05) is 13.0 Å². The van der Waals surface area contributed by atoms with Crippen molar-refractivity contribution in [1.29, 1.82) is 0 Å². The van der Waals surface area contributed by atoms with Crippen molar-refractivity contribution in [2.45, 2.75) is 26.1 Å². The summed E-state index contributed by atoms with van der Waals surface area (Å²) in [4.78, 5) is 19.2. The lowest BCUT2D eigenvalue weighted by Crippen LogP contribution is -2.30. The van der Waals surface area contributed by atoms with E-state index in [4.69, 9.17) is 9.47 Å². The summed E-state index contributed by atoms with van der Waals surface area (Å²) in [6.45, 7) is 6.06. The number of aromatic nitrogens is 2. The highest BCUT2D eigenvalue weighted by Crippen LogP contribution is 2.26. The van der Waals surface area contributed by atoms with E-state index in [2.05, 4.69) is 22.2 Å². The van der Waals surface area contributed by atoms with E-state index in [-0.39, 0.29) is 5.56 Å². The molecule has 1 aromatic heterocycles. The second kappa shape index (κ2) is 6.06. The van der Waals surface area contributed by atoms with Crippen LogP contribution in [0.1, 0.15) is 20.3 Å². The van der Waals surface area contributed by atoms with Crippen LogP contribution < -0.4 is 10.9 Å². The average molecular weight is 303 g/mol. The van der Waals surface area contributed by atoms with Crippen LogP contribution in [0.3, 0.4) is 0 Å². The van der Waals surface area contributed by atoms with Gasteiger partial charge in [0.15, 0.2) is 5.79 Å². The predicted octanol–water partition coefficient (Wildman–Crippen LogP) is 2.12. The monoisotopic (exact) mass is 303 g/mol. The molecule has 1 atom stereocenters. The van der Waals surface area contributed by atoms with Crippen molar-refractivity contribution in [2.24, 2.45) is 5.92 Å². The first kappa shape index (κ1) is 15.0. The number of hydrogen-bond acceptors (Lipinski definition) is 5. The van der Waals surface area contributed by atoms with Gasteiger partial charge in [-0.05, 0) is 25.0 Å².